The molecule has 0 atom stereocenters. The summed E-state index contributed by atoms with van der Waals surface area (Å²) in [7, 11) is 0. The highest BCUT2D eigenvalue weighted by Gasteiger charge is 2.19. The maximum Gasteiger partial charge on any atom is 0.340 e. The van der Waals surface area contributed by atoms with Gasteiger partial charge in [0.2, 0.25) is 4.96 Å². The van der Waals surface area contributed by atoms with E-state index in [4.69, 9.17) is 4.74 Å². The van der Waals surface area contributed by atoms with E-state index in [1.54, 1.807) is 0 Å². The number of hydrogen-bond donors (Lipinski definition) is 0. The van der Waals surface area contributed by atoms with E-state index in [1.807, 2.05) is 56.5 Å². The van der Waals surface area contributed by atoms with Crippen LogP contribution in [0.5, 0.6) is 0 Å². The monoisotopic (exact) mass is 422 g/mol. The predicted molar refractivity (Wildman–Crippen MR) is 116 cm³/mol. The molecule has 7 nitrogen and oxygen atoms in total. The molecule has 0 saturated carbocycles. The van der Waals surface area contributed by atoms with Crippen molar-refractivity contribution in [3.05, 3.63) is 80.0 Å². The molecule has 1 aromatic carbocycles. The third-order valence-electron chi connectivity index (χ3n) is 4.90. The van der Waals surface area contributed by atoms with Crippen LogP contribution in [0.1, 0.15) is 44.9 Å². The summed E-state index contributed by atoms with van der Waals surface area (Å²) in [6.07, 6.45) is 0.730. The van der Waals surface area contributed by atoms with E-state index < -0.39 is 5.97 Å². The lowest BCUT2D eigenvalue weighted by Crippen LogP contribution is -2.16. The van der Waals surface area contributed by atoms with E-state index in [2.05, 4.69) is 16.1 Å². The Labute approximate surface area is 177 Å². The third kappa shape index (κ3) is 3.66. The van der Waals surface area contributed by atoms with Crippen LogP contribution in [-0.2, 0) is 17.8 Å². The molecule has 0 aliphatic rings. The van der Waals surface area contributed by atoms with Crippen molar-refractivity contribution in [1.82, 2.24) is 19.2 Å². The molecule has 0 aliphatic carbocycles. The van der Waals surface area contributed by atoms with Crippen molar-refractivity contribution in [3.8, 4) is 5.69 Å². The largest absolute Gasteiger partial charge is 0.456 e. The highest BCUT2D eigenvalue weighted by molar-refractivity contribution is 7.16. The maximum atomic E-state index is 12.7. The van der Waals surface area contributed by atoms with Gasteiger partial charge in [-0.2, -0.15) is 9.61 Å². The minimum Gasteiger partial charge on any atom is -0.456 e. The number of carbonyl (C=O) groups is 1. The summed E-state index contributed by atoms with van der Waals surface area (Å²) in [5.41, 5.74) is 4.53. The minimum atomic E-state index is -0.442. The standard InChI is InChI=1S/C22H22N4O3S/c1-5-19-24-26-20(27)11-16(23-22(26)30-19)12-29-21(28)18-10-14(3)25(15(18)4)17-8-6-7-13(2)9-17/h6-11H,5,12H2,1-4H3. The summed E-state index contributed by atoms with van der Waals surface area (Å²) in [6, 6.07) is 11.3. The fourth-order valence-corrected chi connectivity index (χ4v) is 4.32. The molecule has 154 valence electrons. The van der Waals surface area contributed by atoms with Gasteiger partial charge in [-0.05, 0) is 51.0 Å². The van der Waals surface area contributed by atoms with E-state index >= 15 is 0 Å². The third-order valence-corrected chi connectivity index (χ3v) is 5.96. The molecule has 8 heteroatoms. The number of esters is 1. The Morgan fingerprint density at radius 1 is 1.17 bits per heavy atom. The fourth-order valence-electron chi connectivity index (χ4n) is 3.46. The van der Waals surface area contributed by atoms with Crippen molar-refractivity contribution < 1.29 is 9.53 Å². The van der Waals surface area contributed by atoms with Crippen LogP contribution in [-0.4, -0.2) is 25.1 Å². The average Bonchev–Trinajstić information content (AvgIpc) is 3.26. The van der Waals surface area contributed by atoms with Gasteiger partial charge in [0.05, 0.1) is 11.3 Å². The fraction of sp³-hybridized carbons (Fsp3) is 0.273. The number of ether oxygens (including phenoxy) is 1. The molecule has 0 saturated heterocycles. The van der Waals surface area contributed by atoms with Crippen molar-refractivity contribution in [3.63, 3.8) is 0 Å². The van der Waals surface area contributed by atoms with Gasteiger partial charge in [-0.15, -0.1) is 0 Å². The summed E-state index contributed by atoms with van der Waals surface area (Å²) in [6.45, 7) is 7.78. The summed E-state index contributed by atoms with van der Waals surface area (Å²) in [5.74, 6) is -0.442. The molecule has 0 radical (unpaired) electrons. The predicted octanol–water partition coefficient (Wildman–Crippen LogP) is 3.79. The molecule has 4 rings (SSSR count). The van der Waals surface area contributed by atoms with Gasteiger partial charge in [-0.1, -0.05) is 30.4 Å². The summed E-state index contributed by atoms with van der Waals surface area (Å²) < 4.78 is 8.79. The quantitative estimate of drug-likeness (QED) is 0.457. The minimum absolute atomic E-state index is 0.0714. The van der Waals surface area contributed by atoms with Crippen LogP contribution in [0.3, 0.4) is 0 Å². The normalized spacial score (nSPS) is 11.2. The number of carbonyl (C=O) groups excluding carboxylic acids is 1. The molecule has 4 aromatic rings. The van der Waals surface area contributed by atoms with Gasteiger partial charge in [-0.25, -0.2) is 9.78 Å². The molecule has 0 bridgehead atoms. The number of rotatable bonds is 5. The summed E-state index contributed by atoms with van der Waals surface area (Å²) in [4.78, 5) is 29.9. The Morgan fingerprint density at radius 2 is 1.97 bits per heavy atom. The van der Waals surface area contributed by atoms with E-state index in [-0.39, 0.29) is 12.2 Å². The second-order valence-electron chi connectivity index (χ2n) is 7.16. The Hall–Kier alpha value is -3.26. The molecular weight excluding hydrogens is 400 g/mol. The number of aryl methyl sites for hydroxylation is 3. The topological polar surface area (TPSA) is 78.5 Å². The molecule has 0 fully saturated rings. The van der Waals surface area contributed by atoms with Crippen molar-refractivity contribution >= 4 is 22.3 Å². The zero-order valence-corrected chi connectivity index (χ0v) is 18.1. The molecule has 0 amide bonds. The van der Waals surface area contributed by atoms with E-state index in [1.165, 1.54) is 21.9 Å². The van der Waals surface area contributed by atoms with Crippen molar-refractivity contribution in [1.29, 1.82) is 0 Å². The molecule has 3 aromatic heterocycles. The molecule has 3 heterocycles. The van der Waals surface area contributed by atoms with Gasteiger partial charge in [0.1, 0.15) is 11.6 Å². The van der Waals surface area contributed by atoms with Crippen LogP contribution in [0.25, 0.3) is 10.6 Å². The zero-order valence-electron chi connectivity index (χ0n) is 17.3. The van der Waals surface area contributed by atoms with Gasteiger partial charge in [0.25, 0.3) is 5.56 Å². The molecule has 0 spiro atoms. The van der Waals surface area contributed by atoms with Crippen molar-refractivity contribution in [2.75, 3.05) is 0 Å². The van der Waals surface area contributed by atoms with E-state index in [0.29, 0.717) is 16.2 Å². The average molecular weight is 423 g/mol. The van der Waals surface area contributed by atoms with Gasteiger partial charge in [0.15, 0.2) is 0 Å². The van der Waals surface area contributed by atoms with E-state index in [9.17, 15) is 9.59 Å². The lowest BCUT2D eigenvalue weighted by atomic mass is 10.2. The number of nitrogens with zero attached hydrogens (tertiary/aromatic N) is 4. The van der Waals surface area contributed by atoms with Crippen LogP contribution >= 0.6 is 11.3 Å². The highest BCUT2D eigenvalue weighted by Crippen LogP contribution is 2.22. The second kappa shape index (κ2) is 7.87. The van der Waals surface area contributed by atoms with Crippen LogP contribution in [0, 0.1) is 20.8 Å². The molecule has 0 N–H and O–H groups in total. The van der Waals surface area contributed by atoms with Gasteiger partial charge in [0, 0.05) is 23.1 Å². The van der Waals surface area contributed by atoms with Crippen LogP contribution in [0.15, 0.2) is 41.2 Å². The Morgan fingerprint density at radius 3 is 2.70 bits per heavy atom. The van der Waals surface area contributed by atoms with E-state index in [0.717, 1.165) is 34.1 Å². The first-order valence-corrected chi connectivity index (χ1v) is 10.5. The van der Waals surface area contributed by atoms with Crippen molar-refractivity contribution in [2.45, 2.75) is 40.7 Å². The molecule has 30 heavy (non-hydrogen) atoms. The number of benzene rings is 1. The lowest BCUT2D eigenvalue weighted by Gasteiger charge is -2.10. The first kappa shape index (κ1) is 20.0. The zero-order chi connectivity index (χ0) is 21.4. The molecule has 0 unspecified atom stereocenters. The SMILES string of the molecule is CCc1nn2c(=O)cc(COC(=O)c3cc(C)n(-c4cccc(C)c4)c3C)nc2s1. The van der Waals surface area contributed by atoms with Crippen LogP contribution in [0.4, 0.5) is 0 Å². The smallest absolute Gasteiger partial charge is 0.340 e. The second-order valence-corrected chi connectivity index (χ2v) is 8.21. The van der Waals surface area contributed by atoms with Crippen LogP contribution in [0.2, 0.25) is 0 Å². The Bertz CT molecular complexity index is 1320. The Kier molecular flexibility index (Phi) is 5.26. The Balaban J connectivity index is 1.57. The summed E-state index contributed by atoms with van der Waals surface area (Å²) >= 11 is 1.36. The van der Waals surface area contributed by atoms with Gasteiger partial charge in [-0.3, -0.25) is 4.79 Å². The van der Waals surface area contributed by atoms with Gasteiger partial charge < -0.3 is 9.30 Å². The first-order valence-electron chi connectivity index (χ1n) is 9.69. The lowest BCUT2D eigenvalue weighted by molar-refractivity contribution is 0.0467. The number of aromatic nitrogens is 4. The van der Waals surface area contributed by atoms with Crippen molar-refractivity contribution in [2.24, 2.45) is 0 Å². The maximum absolute atomic E-state index is 12.7. The number of fused-ring (bicyclic) bond motifs is 1. The van der Waals surface area contributed by atoms with Crippen LogP contribution < -0.4 is 5.56 Å². The highest BCUT2D eigenvalue weighted by atomic mass is 32.1. The van der Waals surface area contributed by atoms with Gasteiger partial charge >= 0.3 is 5.97 Å². The number of hydrogen-bond acceptors (Lipinski definition) is 6. The summed E-state index contributed by atoms with van der Waals surface area (Å²) in [5, 5.41) is 5.05. The molecular formula is C22H22N4O3S. The first-order chi connectivity index (χ1) is 14.4. The molecule has 0 aliphatic heterocycles.